The zero-order valence-electron chi connectivity index (χ0n) is 9.46. The van der Waals surface area contributed by atoms with Gasteiger partial charge in [-0.3, -0.25) is 4.79 Å². The largest absolute Gasteiger partial charge is 0.480 e. The van der Waals surface area contributed by atoms with Crippen LogP contribution in [0.3, 0.4) is 0 Å². The summed E-state index contributed by atoms with van der Waals surface area (Å²) in [5, 5.41) is 11.3. The van der Waals surface area contributed by atoms with Crippen molar-refractivity contribution >= 4 is 5.97 Å². The Morgan fingerprint density at radius 2 is 2.06 bits per heavy atom. The standard InChI is InChI=1S/C12H16FNO2/c1-12(2,8-14-7-11(15)16)9-5-3-4-6-10(9)13/h3-6,14H,7-8H2,1-2H3,(H,15,16). The van der Waals surface area contributed by atoms with Gasteiger partial charge in [-0.15, -0.1) is 0 Å². The third kappa shape index (κ3) is 3.31. The first-order valence-electron chi connectivity index (χ1n) is 5.11. The molecule has 1 aromatic rings. The van der Waals surface area contributed by atoms with Crippen molar-refractivity contribution < 1.29 is 14.3 Å². The molecule has 2 N–H and O–H groups in total. The summed E-state index contributed by atoms with van der Waals surface area (Å²) >= 11 is 0. The van der Waals surface area contributed by atoms with Crippen LogP contribution in [0.4, 0.5) is 4.39 Å². The van der Waals surface area contributed by atoms with E-state index in [1.165, 1.54) is 6.07 Å². The van der Waals surface area contributed by atoms with Gasteiger partial charge in [0.1, 0.15) is 5.82 Å². The summed E-state index contributed by atoms with van der Waals surface area (Å²) in [4.78, 5) is 10.4. The topological polar surface area (TPSA) is 49.3 Å². The van der Waals surface area contributed by atoms with E-state index in [2.05, 4.69) is 5.32 Å². The molecule has 0 saturated heterocycles. The van der Waals surface area contributed by atoms with Crippen molar-refractivity contribution in [2.75, 3.05) is 13.1 Å². The third-order valence-electron chi connectivity index (χ3n) is 2.45. The fourth-order valence-corrected chi connectivity index (χ4v) is 1.59. The Morgan fingerprint density at radius 3 is 2.62 bits per heavy atom. The molecule has 0 saturated carbocycles. The highest BCUT2D eigenvalue weighted by Crippen LogP contribution is 2.24. The lowest BCUT2D eigenvalue weighted by Crippen LogP contribution is -2.36. The molecule has 16 heavy (non-hydrogen) atoms. The molecule has 4 heteroatoms. The molecule has 0 radical (unpaired) electrons. The fourth-order valence-electron chi connectivity index (χ4n) is 1.59. The summed E-state index contributed by atoms with van der Waals surface area (Å²) < 4.78 is 13.5. The van der Waals surface area contributed by atoms with E-state index in [1.807, 2.05) is 13.8 Å². The van der Waals surface area contributed by atoms with Gasteiger partial charge in [-0.1, -0.05) is 32.0 Å². The molecule has 0 atom stereocenters. The van der Waals surface area contributed by atoms with Crippen molar-refractivity contribution in [3.8, 4) is 0 Å². The second-order valence-corrected chi connectivity index (χ2v) is 4.36. The molecule has 0 aliphatic heterocycles. The summed E-state index contributed by atoms with van der Waals surface area (Å²) in [5.74, 6) is -1.17. The van der Waals surface area contributed by atoms with Crippen molar-refractivity contribution in [3.05, 3.63) is 35.6 Å². The molecule has 0 aliphatic rings. The number of hydrogen-bond donors (Lipinski definition) is 2. The SMILES string of the molecule is CC(C)(CNCC(=O)O)c1ccccc1F. The maximum absolute atomic E-state index is 13.5. The molecule has 3 nitrogen and oxygen atoms in total. The van der Waals surface area contributed by atoms with Crippen molar-refractivity contribution in [1.29, 1.82) is 0 Å². The van der Waals surface area contributed by atoms with Gasteiger partial charge >= 0.3 is 5.97 Å². The molecular weight excluding hydrogens is 209 g/mol. The summed E-state index contributed by atoms with van der Waals surface area (Å²) in [6, 6.07) is 6.54. The smallest absolute Gasteiger partial charge is 0.317 e. The van der Waals surface area contributed by atoms with Gasteiger partial charge in [-0.25, -0.2) is 4.39 Å². The Hall–Kier alpha value is -1.42. The van der Waals surface area contributed by atoms with Crippen LogP contribution in [-0.2, 0) is 10.2 Å². The number of carbonyl (C=O) groups is 1. The normalized spacial score (nSPS) is 11.4. The summed E-state index contributed by atoms with van der Waals surface area (Å²) in [6.45, 7) is 4.05. The van der Waals surface area contributed by atoms with Crippen LogP contribution in [-0.4, -0.2) is 24.2 Å². The molecule has 0 fully saturated rings. The number of hydrogen-bond acceptors (Lipinski definition) is 2. The average molecular weight is 225 g/mol. The Labute approximate surface area is 94.3 Å². The van der Waals surface area contributed by atoms with Crippen molar-refractivity contribution in [2.24, 2.45) is 0 Å². The van der Waals surface area contributed by atoms with Gasteiger partial charge in [0.15, 0.2) is 0 Å². The van der Waals surface area contributed by atoms with Gasteiger partial charge in [0.05, 0.1) is 6.54 Å². The van der Waals surface area contributed by atoms with Crippen LogP contribution in [0, 0.1) is 5.82 Å². The summed E-state index contributed by atoms with van der Waals surface area (Å²) in [6.07, 6.45) is 0. The summed E-state index contributed by atoms with van der Waals surface area (Å²) in [5.41, 5.74) is 0.161. The number of carboxylic acids is 1. The number of carboxylic acid groups (broad SMARTS) is 1. The monoisotopic (exact) mass is 225 g/mol. The van der Waals surface area contributed by atoms with Crippen molar-refractivity contribution in [1.82, 2.24) is 5.32 Å². The van der Waals surface area contributed by atoms with Gasteiger partial charge in [0.25, 0.3) is 0 Å². The number of halogens is 1. The predicted octanol–water partition coefficient (Wildman–Crippen LogP) is 1.78. The van der Waals surface area contributed by atoms with Crippen LogP contribution >= 0.6 is 0 Å². The highest BCUT2D eigenvalue weighted by molar-refractivity contribution is 5.69. The van der Waals surface area contributed by atoms with E-state index in [9.17, 15) is 9.18 Å². The Kier molecular flexibility index (Phi) is 4.01. The predicted molar refractivity (Wildman–Crippen MR) is 59.9 cm³/mol. The molecule has 88 valence electrons. The first-order chi connectivity index (χ1) is 7.43. The summed E-state index contributed by atoms with van der Waals surface area (Å²) in [7, 11) is 0. The molecule has 0 spiro atoms. The van der Waals surface area contributed by atoms with E-state index in [4.69, 9.17) is 5.11 Å². The van der Waals surface area contributed by atoms with Crippen LogP contribution in [0.25, 0.3) is 0 Å². The van der Waals surface area contributed by atoms with Crippen molar-refractivity contribution in [2.45, 2.75) is 19.3 Å². The number of benzene rings is 1. The maximum Gasteiger partial charge on any atom is 0.317 e. The average Bonchev–Trinajstić information content (AvgIpc) is 2.17. The fraction of sp³-hybridized carbons (Fsp3) is 0.417. The van der Waals surface area contributed by atoms with E-state index in [1.54, 1.807) is 18.2 Å². The first kappa shape index (κ1) is 12.6. The minimum absolute atomic E-state index is 0.113. The number of aliphatic carboxylic acids is 1. The molecule has 0 heterocycles. The zero-order valence-corrected chi connectivity index (χ0v) is 9.46. The molecule has 0 unspecified atom stereocenters. The minimum Gasteiger partial charge on any atom is -0.480 e. The van der Waals surface area contributed by atoms with Crippen LogP contribution in [0.1, 0.15) is 19.4 Å². The first-order valence-corrected chi connectivity index (χ1v) is 5.11. The van der Waals surface area contributed by atoms with Gasteiger partial charge in [-0.05, 0) is 11.6 Å². The lowest BCUT2D eigenvalue weighted by atomic mass is 9.84. The van der Waals surface area contributed by atoms with E-state index < -0.39 is 11.4 Å². The maximum atomic E-state index is 13.5. The van der Waals surface area contributed by atoms with Crippen molar-refractivity contribution in [3.63, 3.8) is 0 Å². The Morgan fingerprint density at radius 1 is 1.44 bits per heavy atom. The molecular formula is C12H16FNO2. The highest BCUT2D eigenvalue weighted by Gasteiger charge is 2.23. The number of rotatable bonds is 5. The zero-order chi connectivity index (χ0) is 12.2. The van der Waals surface area contributed by atoms with Gasteiger partial charge in [0, 0.05) is 12.0 Å². The lowest BCUT2D eigenvalue weighted by molar-refractivity contribution is -0.136. The number of nitrogens with one attached hydrogen (secondary N) is 1. The van der Waals surface area contributed by atoms with E-state index >= 15 is 0 Å². The molecule has 1 aromatic carbocycles. The van der Waals surface area contributed by atoms with Crippen LogP contribution in [0.15, 0.2) is 24.3 Å². The van der Waals surface area contributed by atoms with Gasteiger partial charge in [0.2, 0.25) is 0 Å². The van der Waals surface area contributed by atoms with E-state index in [-0.39, 0.29) is 12.4 Å². The van der Waals surface area contributed by atoms with E-state index in [0.717, 1.165) is 0 Å². The Balaban J connectivity index is 2.70. The quantitative estimate of drug-likeness (QED) is 0.803. The molecule has 1 rings (SSSR count). The molecule has 0 amide bonds. The minimum atomic E-state index is -0.913. The second-order valence-electron chi connectivity index (χ2n) is 4.36. The van der Waals surface area contributed by atoms with Crippen LogP contribution in [0.5, 0.6) is 0 Å². The Bertz CT molecular complexity index is 377. The van der Waals surface area contributed by atoms with Gasteiger partial charge < -0.3 is 10.4 Å². The highest BCUT2D eigenvalue weighted by atomic mass is 19.1. The van der Waals surface area contributed by atoms with Gasteiger partial charge in [-0.2, -0.15) is 0 Å². The molecule has 0 aromatic heterocycles. The molecule has 0 bridgehead atoms. The third-order valence-corrected chi connectivity index (χ3v) is 2.45. The lowest BCUT2D eigenvalue weighted by Gasteiger charge is -2.25. The van der Waals surface area contributed by atoms with E-state index in [0.29, 0.717) is 12.1 Å². The second kappa shape index (κ2) is 5.07. The molecule has 0 aliphatic carbocycles. The van der Waals surface area contributed by atoms with Crippen LogP contribution in [0.2, 0.25) is 0 Å². The van der Waals surface area contributed by atoms with Crippen LogP contribution < -0.4 is 5.32 Å².